The number of fused-ring (bicyclic) bond motifs is 2. The topological polar surface area (TPSA) is 122 Å². The summed E-state index contributed by atoms with van der Waals surface area (Å²) in [5.74, 6) is 2.32. The van der Waals surface area contributed by atoms with Crippen LogP contribution in [-0.4, -0.2) is 6.54 Å². The number of aryl methyl sites for hydroxylation is 1. The van der Waals surface area contributed by atoms with Gasteiger partial charge in [-0.2, -0.15) is 4.57 Å². The van der Waals surface area contributed by atoms with Gasteiger partial charge in [-0.25, -0.2) is 18.6 Å². The summed E-state index contributed by atoms with van der Waals surface area (Å²) in [6.45, 7) is 5.71. The molecule has 0 bridgehead atoms. The molecule has 0 unspecified atom stereocenters. The predicted molar refractivity (Wildman–Crippen MR) is 130 cm³/mol. The highest BCUT2D eigenvalue weighted by Crippen LogP contribution is 2.40. The number of oxazole rings is 1. The van der Waals surface area contributed by atoms with Gasteiger partial charge in [0.1, 0.15) is 6.54 Å². The first-order chi connectivity index (χ1) is 15.1. The normalized spacial score (nSPS) is 13.4. The third-order valence-corrected chi connectivity index (χ3v) is 4.96. The van der Waals surface area contributed by atoms with Crippen molar-refractivity contribution in [1.29, 1.82) is 0 Å². The smallest absolute Gasteiger partial charge is 0.374 e. The molecule has 0 fully saturated rings. The number of hydrogen-bond donors (Lipinski definition) is 0. The third kappa shape index (κ3) is 8.40. The Hall–Kier alpha value is -2.30. The lowest BCUT2D eigenvalue weighted by molar-refractivity contribution is -2.00. The number of rotatable bonds is 4. The Kier molecular flexibility index (Phi) is 12.8. The Morgan fingerprint density at radius 3 is 2.17 bits per heavy atom. The van der Waals surface area contributed by atoms with Gasteiger partial charge in [-0.05, 0) is 56.3 Å². The largest absolute Gasteiger partial charge is 0.439 e. The van der Waals surface area contributed by atoms with Crippen LogP contribution in [0, 0.1) is 10.2 Å². The molecule has 0 radical (unpaired) electrons. The van der Waals surface area contributed by atoms with Crippen LogP contribution < -0.4 is 32.8 Å². The number of aromatic nitrogens is 1. The van der Waals surface area contributed by atoms with Gasteiger partial charge in [-0.1, -0.05) is 45.5 Å². The molecule has 1 aliphatic heterocycles. The van der Waals surface area contributed by atoms with E-state index in [2.05, 4.69) is 23.3 Å². The molecule has 0 spiro atoms. The minimum atomic E-state index is -4.94. The van der Waals surface area contributed by atoms with E-state index in [0.29, 0.717) is 10.0 Å². The summed E-state index contributed by atoms with van der Waals surface area (Å²) in [6.07, 6.45) is 5.78. The molecular weight excluding hydrogens is 519 g/mol. The van der Waals surface area contributed by atoms with Crippen molar-refractivity contribution in [2.24, 2.45) is 0 Å². The molecule has 1 aliphatic rings. The predicted octanol–water partition coefficient (Wildman–Crippen LogP) is 2.97. The first-order valence-electron chi connectivity index (χ1n) is 9.47. The zero-order valence-corrected chi connectivity index (χ0v) is 19.4. The Bertz CT molecular complexity index is 1170. The number of benzene rings is 2. The summed E-state index contributed by atoms with van der Waals surface area (Å²) in [4.78, 5) is 2.08. The molecular formula is C24H31Cl3N2O6. The monoisotopic (exact) mass is 548 g/mol. The molecule has 1 aromatic heterocycles. The van der Waals surface area contributed by atoms with Gasteiger partial charge >= 0.3 is 5.89 Å². The summed E-state index contributed by atoms with van der Waals surface area (Å²) in [5.41, 5.74) is 2.77. The first-order valence-corrected chi connectivity index (χ1v) is 11.5. The molecule has 0 atom stereocenters. The van der Waals surface area contributed by atoms with E-state index >= 15 is 0 Å². The van der Waals surface area contributed by atoms with Crippen molar-refractivity contribution in [2.45, 2.75) is 42.7 Å². The number of ether oxygens (including phenoxy) is 1. The molecule has 0 N–H and O–H groups in total. The number of hydrogen-bond acceptors (Lipinski definition) is 7. The maximum Gasteiger partial charge on any atom is 0.374 e. The maximum absolute atomic E-state index is 8.49. The summed E-state index contributed by atoms with van der Waals surface area (Å²) in [7, 11) is -4.94. The number of anilines is 1. The lowest BCUT2D eigenvalue weighted by atomic mass is 10.3. The zero-order valence-electron chi connectivity index (χ0n) is 17.1. The lowest BCUT2D eigenvalue weighted by Gasteiger charge is -2.17. The highest BCUT2D eigenvalue weighted by Gasteiger charge is 2.25. The van der Waals surface area contributed by atoms with Gasteiger partial charge in [0.25, 0.3) is 5.52 Å². The standard InChI is InChI=1S/C21H19Cl2N2O2.3CH4.ClHO4/c1-3-24-16-12-14(22)8-10-18(16)26-20(24)6-5-7-21-25(4-2)17-13-15(23)9-11-19(17)27-21;;;;2-1(3,4)5/h5-13H,3-4H2,1-2H3;3*1H4;(H,2,3,4,5)/q+1;;;;/p-1. The van der Waals surface area contributed by atoms with E-state index in [4.69, 9.17) is 51.0 Å². The number of nitrogens with zero attached hydrogens (tertiary/aromatic N) is 2. The highest BCUT2D eigenvalue weighted by molar-refractivity contribution is 6.31. The minimum Gasteiger partial charge on any atom is -0.439 e. The van der Waals surface area contributed by atoms with Crippen LogP contribution in [0.5, 0.6) is 5.75 Å². The quantitative estimate of drug-likeness (QED) is 0.459. The van der Waals surface area contributed by atoms with E-state index in [-0.39, 0.29) is 22.3 Å². The Morgan fingerprint density at radius 1 is 0.971 bits per heavy atom. The summed E-state index contributed by atoms with van der Waals surface area (Å²) < 4.78 is 48.0. The van der Waals surface area contributed by atoms with Crippen LogP contribution in [0.4, 0.5) is 5.69 Å². The van der Waals surface area contributed by atoms with Crippen molar-refractivity contribution >= 4 is 46.1 Å². The molecule has 0 saturated carbocycles. The molecule has 11 heteroatoms. The highest BCUT2D eigenvalue weighted by atomic mass is 35.7. The van der Waals surface area contributed by atoms with Gasteiger partial charge in [0.15, 0.2) is 5.75 Å². The molecule has 2 heterocycles. The van der Waals surface area contributed by atoms with Gasteiger partial charge < -0.3 is 14.1 Å². The Morgan fingerprint density at radius 2 is 1.57 bits per heavy atom. The average molecular weight is 550 g/mol. The summed E-state index contributed by atoms with van der Waals surface area (Å²) in [5, 5.41) is 1.38. The van der Waals surface area contributed by atoms with Crippen LogP contribution >= 0.6 is 23.2 Å². The molecule has 4 rings (SSSR count). The minimum absolute atomic E-state index is 0. The molecule has 35 heavy (non-hydrogen) atoms. The van der Waals surface area contributed by atoms with Gasteiger partial charge in [0.05, 0.1) is 11.8 Å². The second-order valence-corrected chi connectivity index (χ2v) is 8.13. The molecule has 3 aromatic rings. The van der Waals surface area contributed by atoms with Crippen molar-refractivity contribution in [1.82, 2.24) is 0 Å². The molecule has 0 aliphatic carbocycles. The van der Waals surface area contributed by atoms with Crippen LogP contribution in [0.15, 0.2) is 58.9 Å². The van der Waals surface area contributed by atoms with Crippen molar-refractivity contribution < 1.29 is 42.6 Å². The SMILES string of the molecule is C.C.C.CCN1C(=CC=Cc2oc3ccc(Cl)cc3[n+]2CC)Oc2ccc(Cl)cc21.[O-][Cl+3]([O-])([O-])[O-]. The van der Waals surface area contributed by atoms with Crippen molar-refractivity contribution in [3.8, 4) is 5.75 Å². The number of halogens is 3. The maximum atomic E-state index is 8.49. The molecule has 8 nitrogen and oxygen atoms in total. The second-order valence-electron chi connectivity index (χ2n) is 6.50. The lowest BCUT2D eigenvalue weighted by Crippen LogP contribution is -2.68. The van der Waals surface area contributed by atoms with E-state index in [9.17, 15) is 0 Å². The van der Waals surface area contributed by atoms with E-state index in [1.807, 2.05) is 54.6 Å². The van der Waals surface area contributed by atoms with E-state index in [0.717, 1.165) is 47.4 Å². The Labute approximate surface area is 218 Å². The van der Waals surface area contributed by atoms with E-state index in [1.165, 1.54) is 0 Å². The molecule has 0 amide bonds. The fraction of sp³-hybridized carbons (Fsp3) is 0.292. The van der Waals surface area contributed by atoms with E-state index in [1.54, 1.807) is 0 Å². The fourth-order valence-electron chi connectivity index (χ4n) is 3.26. The molecule has 0 saturated heterocycles. The molecule has 194 valence electrons. The van der Waals surface area contributed by atoms with Crippen LogP contribution in [0.1, 0.15) is 42.0 Å². The zero-order chi connectivity index (χ0) is 23.5. The van der Waals surface area contributed by atoms with Gasteiger partial charge in [0, 0.05) is 22.7 Å². The first kappa shape index (κ1) is 32.7. The van der Waals surface area contributed by atoms with Gasteiger partial charge in [0.2, 0.25) is 11.5 Å². The van der Waals surface area contributed by atoms with Crippen LogP contribution in [0.3, 0.4) is 0 Å². The van der Waals surface area contributed by atoms with Crippen LogP contribution in [-0.2, 0) is 6.54 Å². The van der Waals surface area contributed by atoms with Crippen LogP contribution in [0.2, 0.25) is 10.0 Å². The van der Waals surface area contributed by atoms with E-state index < -0.39 is 10.2 Å². The summed E-state index contributed by atoms with van der Waals surface area (Å²) in [6, 6.07) is 11.3. The van der Waals surface area contributed by atoms with Crippen LogP contribution in [0.25, 0.3) is 17.2 Å². The van der Waals surface area contributed by atoms with Gasteiger partial charge in [-0.15, -0.1) is 10.2 Å². The van der Waals surface area contributed by atoms with Crippen molar-refractivity contribution in [2.75, 3.05) is 11.4 Å². The van der Waals surface area contributed by atoms with Gasteiger partial charge in [-0.3, -0.25) is 0 Å². The average Bonchev–Trinajstić information content (AvgIpc) is 3.23. The summed E-state index contributed by atoms with van der Waals surface area (Å²) >= 11 is 12.2. The second kappa shape index (κ2) is 13.7. The fourth-order valence-corrected chi connectivity index (χ4v) is 3.59. The number of allylic oxidation sites excluding steroid dienone is 2. The van der Waals surface area contributed by atoms with Crippen molar-refractivity contribution in [3.63, 3.8) is 0 Å². The third-order valence-electron chi connectivity index (χ3n) is 4.49. The Balaban J connectivity index is 0.00000132. The van der Waals surface area contributed by atoms with Crippen molar-refractivity contribution in [3.05, 3.63) is 70.4 Å². The molecule has 2 aromatic carbocycles.